The lowest BCUT2D eigenvalue weighted by Crippen LogP contribution is -2.38. The van der Waals surface area contributed by atoms with Crippen LogP contribution >= 0.6 is 0 Å². The molecule has 0 amide bonds. The molecule has 1 aliphatic carbocycles. The second-order valence-corrected chi connectivity index (χ2v) is 6.99. The third kappa shape index (κ3) is 2.65. The third-order valence-electron chi connectivity index (χ3n) is 5.48. The number of hydrogen-bond donors (Lipinski definition) is 0. The van der Waals surface area contributed by atoms with Crippen molar-refractivity contribution in [2.45, 2.75) is 41.0 Å². The predicted molar refractivity (Wildman–Crippen MR) is 97.5 cm³/mol. The number of benzene rings is 1. The molecule has 2 atom stereocenters. The number of carbonyl (C=O) groups is 3. The molecule has 0 aromatic heterocycles. The zero-order chi connectivity index (χ0) is 19.5. The molecule has 1 fully saturated rings. The molecule has 26 heavy (non-hydrogen) atoms. The Hall–Kier alpha value is -2.17. The highest BCUT2D eigenvalue weighted by Gasteiger charge is 2.88. The molecule has 0 bridgehead atoms. The van der Waals surface area contributed by atoms with Crippen LogP contribution < -0.4 is 0 Å². The Labute approximate surface area is 155 Å². The average Bonchev–Trinajstić information content (AvgIpc) is 3.28. The van der Waals surface area contributed by atoms with Crippen molar-refractivity contribution in [2.75, 3.05) is 13.2 Å². The minimum atomic E-state index is -1.57. The van der Waals surface area contributed by atoms with Crippen LogP contribution in [0.3, 0.4) is 0 Å². The van der Waals surface area contributed by atoms with Gasteiger partial charge in [-0.3, -0.25) is 14.4 Å². The highest BCUT2D eigenvalue weighted by atomic mass is 16.6. The molecule has 0 N–H and O–H groups in total. The van der Waals surface area contributed by atoms with E-state index in [-0.39, 0.29) is 24.9 Å². The standard InChI is InChI=1S/C21H28O5/c1-6-20(17(22)15-12-10-9-11-13-15)16(14(4)5)21(20,18(23)25-7-2)19(24)26-8-3/h9-14,16H,6-8H2,1-5H3/t16-,20-/m0/s1. The number of carbonyl (C=O) groups excluding carboxylic acids is 3. The summed E-state index contributed by atoms with van der Waals surface area (Å²) in [5.41, 5.74) is -2.22. The first kappa shape index (κ1) is 20.1. The normalized spacial score (nSPS) is 23.4. The molecule has 5 nitrogen and oxygen atoms in total. The molecule has 142 valence electrons. The number of Topliss-reactive ketones (excluding diaryl/α,β-unsaturated/α-hetero) is 1. The van der Waals surface area contributed by atoms with Crippen molar-refractivity contribution in [3.8, 4) is 0 Å². The van der Waals surface area contributed by atoms with Crippen LogP contribution in [-0.2, 0) is 19.1 Å². The summed E-state index contributed by atoms with van der Waals surface area (Å²) in [6, 6.07) is 8.82. The molecule has 1 aromatic carbocycles. The van der Waals surface area contributed by atoms with Crippen molar-refractivity contribution in [1.82, 2.24) is 0 Å². The van der Waals surface area contributed by atoms with Crippen molar-refractivity contribution < 1.29 is 23.9 Å². The van der Waals surface area contributed by atoms with Gasteiger partial charge in [-0.2, -0.15) is 0 Å². The van der Waals surface area contributed by atoms with Crippen LogP contribution in [0, 0.1) is 22.7 Å². The molecule has 1 aliphatic rings. The minimum Gasteiger partial charge on any atom is -0.465 e. The smallest absolute Gasteiger partial charge is 0.324 e. The Kier molecular flexibility index (Phi) is 5.89. The van der Waals surface area contributed by atoms with E-state index in [2.05, 4.69) is 0 Å². The number of rotatable bonds is 8. The number of esters is 2. The Balaban J connectivity index is 2.65. The number of hydrogen-bond acceptors (Lipinski definition) is 5. The highest BCUT2D eigenvalue weighted by Crippen LogP contribution is 2.75. The van der Waals surface area contributed by atoms with Gasteiger partial charge in [0.25, 0.3) is 0 Å². The molecule has 2 rings (SSSR count). The summed E-state index contributed by atoms with van der Waals surface area (Å²) in [4.78, 5) is 39.5. The number of ether oxygens (including phenoxy) is 2. The molecule has 0 heterocycles. The van der Waals surface area contributed by atoms with Gasteiger partial charge in [-0.05, 0) is 26.2 Å². The van der Waals surface area contributed by atoms with Gasteiger partial charge in [-0.25, -0.2) is 0 Å². The van der Waals surface area contributed by atoms with Gasteiger partial charge in [-0.15, -0.1) is 0 Å². The fourth-order valence-corrected chi connectivity index (χ4v) is 4.65. The fraction of sp³-hybridized carbons (Fsp3) is 0.571. The zero-order valence-electron chi connectivity index (χ0n) is 16.2. The van der Waals surface area contributed by atoms with E-state index in [0.29, 0.717) is 12.0 Å². The molecule has 1 aromatic rings. The lowest BCUT2D eigenvalue weighted by atomic mass is 9.82. The number of ketones is 1. The second-order valence-electron chi connectivity index (χ2n) is 6.99. The molecule has 0 saturated heterocycles. The van der Waals surface area contributed by atoms with Crippen LogP contribution in [0.2, 0.25) is 0 Å². The Morgan fingerprint density at radius 2 is 1.46 bits per heavy atom. The third-order valence-corrected chi connectivity index (χ3v) is 5.48. The van der Waals surface area contributed by atoms with Gasteiger partial charge in [-0.1, -0.05) is 51.1 Å². The molecular formula is C21H28O5. The zero-order valence-corrected chi connectivity index (χ0v) is 16.2. The molecule has 0 radical (unpaired) electrons. The van der Waals surface area contributed by atoms with Gasteiger partial charge < -0.3 is 9.47 Å². The van der Waals surface area contributed by atoms with E-state index in [9.17, 15) is 14.4 Å². The van der Waals surface area contributed by atoms with Crippen molar-refractivity contribution in [3.63, 3.8) is 0 Å². The van der Waals surface area contributed by atoms with E-state index < -0.39 is 28.7 Å². The van der Waals surface area contributed by atoms with Crippen LogP contribution in [0.5, 0.6) is 0 Å². The molecule has 0 spiro atoms. The molecule has 0 aliphatic heterocycles. The first-order valence-corrected chi connectivity index (χ1v) is 9.30. The Morgan fingerprint density at radius 1 is 0.962 bits per heavy atom. The van der Waals surface area contributed by atoms with Gasteiger partial charge >= 0.3 is 11.9 Å². The van der Waals surface area contributed by atoms with Crippen LogP contribution in [0.4, 0.5) is 0 Å². The summed E-state index contributed by atoms with van der Waals surface area (Å²) in [5.74, 6) is -2.01. The van der Waals surface area contributed by atoms with Crippen molar-refractivity contribution in [1.29, 1.82) is 0 Å². The summed E-state index contributed by atoms with van der Waals surface area (Å²) in [6.07, 6.45) is 0.362. The van der Waals surface area contributed by atoms with Crippen molar-refractivity contribution in [2.24, 2.45) is 22.7 Å². The predicted octanol–water partition coefficient (Wildman–Crippen LogP) is 3.66. The lowest BCUT2D eigenvalue weighted by molar-refractivity contribution is -0.167. The van der Waals surface area contributed by atoms with Crippen molar-refractivity contribution in [3.05, 3.63) is 35.9 Å². The largest absolute Gasteiger partial charge is 0.465 e. The van der Waals surface area contributed by atoms with Gasteiger partial charge in [0.05, 0.1) is 18.6 Å². The van der Waals surface area contributed by atoms with E-state index in [1.54, 1.807) is 38.1 Å². The second kappa shape index (κ2) is 7.60. The van der Waals surface area contributed by atoms with Gasteiger partial charge in [0, 0.05) is 11.5 Å². The lowest BCUT2D eigenvalue weighted by Gasteiger charge is -2.21. The van der Waals surface area contributed by atoms with Crippen LogP contribution in [0.1, 0.15) is 51.4 Å². The minimum absolute atomic E-state index is 0.0589. The van der Waals surface area contributed by atoms with E-state index >= 15 is 0 Å². The van der Waals surface area contributed by atoms with Gasteiger partial charge in [0.15, 0.2) is 11.2 Å². The Morgan fingerprint density at radius 3 is 1.85 bits per heavy atom. The van der Waals surface area contributed by atoms with Crippen LogP contribution in [0.15, 0.2) is 30.3 Å². The maximum atomic E-state index is 13.5. The van der Waals surface area contributed by atoms with Gasteiger partial charge in [0.2, 0.25) is 0 Å². The SMILES string of the molecule is CCOC(=O)C1(C(=O)OCC)[C@@H](C(C)C)[C@@]1(CC)C(=O)c1ccccc1. The molecule has 0 unspecified atom stereocenters. The summed E-state index contributed by atoms with van der Waals surface area (Å²) < 4.78 is 10.5. The quantitative estimate of drug-likeness (QED) is 0.402. The summed E-state index contributed by atoms with van der Waals surface area (Å²) in [6.45, 7) is 9.36. The topological polar surface area (TPSA) is 69.7 Å². The van der Waals surface area contributed by atoms with Gasteiger partial charge in [0.1, 0.15) is 0 Å². The van der Waals surface area contributed by atoms with E-state index in [1.807, 2.05) is 26.8 Å². The first-order chi connectivity index (χ1) is 12.4. The van der Waals surface area contributed by atoms with Crippen LogP contribution in [-0.4, -0.2) is 30.9 Å². The van der Waals surface area contributed by atoms with Crippen LogP contribution in [0.25, 0.3) is 0 Å². The molecule has 1 saturated carbocycles. The maximum absolute atomic E-state index is 13.5. The summed E-state index contributed by atoms with van der Waals surface area (Å²) in [5, 5.41) is 0. The van der Waals surface area contributed by atoms with E-state index in [4.69, 9.17) is 9.47 Å². The first-order valence-electron chi connectivity index (χ1n) is 9.30. The monoisotopic (exact) mass is 360 g/mol. The summed E-state index contributed by atoms with van der Waals surface area (Å²) >= 11 is 0. The molecule has 5 heteroatoms. The Bertz CT molecular complexity index is 661. The average molecular weight is 360 g/mol. The highest BCUT2D eigenvalue weighted by molar-refractivity contribution is 6.17. The fourth-order valence-electron chi connectivity index (χ4n) is 4.65. The van der Waals surface area contributed by atoms with E-state index in [0.717, 1.165) is 0 Å². The van der Waals surface area contributed by atoms with Crippen molar-refractivity contribution >= 4 is 17.7 Å². The van der Waals surface area contributed by atoms with E-state index in [1.165, 1.54) is 0 Å². The maximum Gasteiger partial charge on any atom is 0.324 e. The summed E-state index contributed by atoms with van der Waals surface area (Å²) in [7, 11) is 0. The molecular weight excluding hydrogens is 332 g/mol.